The number of piperidine rings is 1. The van der Waals surface area contributed by atoms with Gasteiger partial charge in [-0.05, 0) is 28.8 Å². The van der Waals surface area contributed by atoms with Gasteiger partial charge < -0.3 is 4.90 Å². The second kappa shape index (κ2) is 3.60. The standard InChI is InChI=1S/C11H12BrF2N3/c12-8-5-15-9(16-6-8)17-3-1-10(2-4-17)7-11(10,13)14/h5-6H,1-4,7H2. The van der Waals surface area contributed by atoms with E-state index in [1.165, 1.54) is 0 Å². The summed E-state index contributed by atoms with van der Waals surface area (Å²) in [5, 5.41) is 0. The van der Waals surface area contributed by atoms with Crippen LogP contribution in [0.1, 0.15) is 19.3 Å². The molecular weight excluding hydrogens is 292 g/mol. The first-order chi connectivity index (χ1) is 8.02. The van der Waals surface area contributed by atoms with Crippen LogP contribution in [-0.2, 0) is 0 Å². The first-order valence-corrected chi connectivity index (χ1v) is 6.42. The Morgan fingerprint density at radius 3 is 2.18 bits per heavy atom. The second-order valence-corrected chi connectivity index (χ2v) is 5.77. The minimum absolute atomic E-state index is 0.0645. The molecule has 0 radical (unpaired) electrons. The maximum atomic E-state index is 13.2. The Balaban J connectivity index is 1.68. The third-order valence-electron chi connectivity index (χ3n) is 3.82. The van der Waals surface area contributed by atoms with Crippen molar-refractivity contribution in [3.05, 3.63) is 16.9 Å². The number of alkyl halides is 2. The van der Waals surface area contributed by atoms with E-state index in [4.69, 9.17) is 0 Å². The fourth-order valence-electron chi connectivity index (χ4n) is 2.53. The summed E-state index contributed by atoms with van der Waals surface area (Å²) in [7, 11) is 0. The van der Waals surface area contributed by atoms with Crippen molar-refractivity contribution in [2.45, 2.75) is 25.2 Å². The Kier molecular flexibility index (Phi) is 2.40. The lowest BCUT2D eigenvalue weighted by Crippen LogP contribution is -2.37. The van der Waals surface area contributed by atoms with Gasteiger partial charge in [-0.2, -0.15) is 0 Å². The lowest BCUT2D eigenvalue weighted by atomic mass is 9.93. The number of halogens is 3. The molecule has 1 aromatic rings. The van der Waals surface area contributed by atoms with E-state index < -0.39 is 11.3 Å². The molecule has 0 N–H and O–H groups in total. The SMILES string of the molecule is FC1(F)CC12CCN(c1ncc(Br)cn1)CC2. The molecule has 92 valence electrons. The van der Waals surface area contributed by atoms with Crippen LogP contribution in [0.15, 0.2) is 16.9 Å². The van der Waals surface area contributed by atoms with Gasteiger partial charge in [0.1, 0.15) is 0 Å². The van der Waals surface area contributed by atoms with E-state index in [0.717, 1.165) is 4.47 Å². The van der Waals surface area contributed by atoms with E-state index >= 15 is 0 Å². The fourth-order valence-corrected chi connectivity index (χ4v) is 2.73. The van der Waals surface area contributed by atoms with Crippen LogP contribution in [0.2, 0.25) is 0 Å². The average molecular weight is 304 g/mol. The van der Waals surface area contributed by atoms with Gasteiger partial charge in [0, 0.05) is 37.3 Å². The number of hydrogen-bond donors (Lipinski definition) is 0. The highest BCUT2D eigenvalue weighted by atomic mass is 79.9. The molecule has 1 aliphatic carbocycles. The largest absolute Gasteiger partial charge is 0.341 e. The molecule has 0 bridgehead atoms. The van der Waals surface area contributed by atoms with Gasteiger partial charge >= 0.3 is 0 Å². The van der Waals surface area contributed by atoms with Crippen LogP contribution < -0.4 is 4.90 Å². The van der Waals surface area contributed by atoms with Crippen molar-refractivity contribution in [3.63, 3.8) is 0 Å². The summed E-state index contributed by atoms with van der Waals surface area (Å²) in [4.78, 5) is 10.4. The topological polar surface area (TPSA) is 29.0 Å². The first-order valence-electron chi connectivity index (χ1n) is 5.63. The Hall–Kier alpha value is -0.780. The van der Waals surface area contributed by atoms with E-state index in [0.29, 0.717) is 31.9 Å². The molecule has 0 atom stereocenters. The maximum Gasteiger partial charge on any atom is 0.254 e. The highest BCUT2D eigenvalue weighted by Gasteiger charge is 2.70. The van der Waals surface area contributed by atoms with Crippen LogP contribution in [0, 0.1) is 5.41 Å². The summed E-state index contributed by atoms with van der Waals surface area (Å²) in [5.41, 5.74) is -0.709. The molecule has 1 saturated heterocycles. The van der Waals surface area contributed by atoms with Gasteiger partial charge in [0.15, 0.2) is 0 Å². The van der Waals surface area contributed by atoms with Crippen LogP contribution in [0.5, 0.6) is 0 Å². The number of aromatic nitrogens is 2. The number of anilines is 1. The minimum Gasteiger partial charge on any atom is -0.341 e. The maximum absolute atomic E-state index is 13.2. The predicted octanol–water partition coefficient (Wildman–Crippen LogP) is 2.86. The summed E-state index contributed by atoms with van der Waals surface area (Å²) in [6.45, 7) is 1.24. The molecule has 17 heavy (non-hydrogen) atoms. The van der Waals surface area contributed by atoms with Crippen LogP contribution in [-0.4, -0.2) is 29.0 Å². The van der Waals surface area contributed by atoms with Crippen molar-refractivity contribution in [1.82, 2.24) is 9.97 Å². The fraction of sp³-hybridized carbons (Fsp3) is 0.636. The zero-order valence-electron chi connectivity index (χ0n) is 9.17. The molecule has 2 fully saturated rings. The summed E-state index contributed by atoms with van der Waals surface area (Å²) >= 11 is 3.27. The van der Waals surface area contributed by atoms with Crippen molar-refractivity contribution in [3.8, 4) is 0 Å². The van der Waals surface area contributed by atoms with Crippen LogP contribution >= 0.6 is 15.9 Å². The first kappa shape index (κ1) is 11.3. The van der Waals surface area contributed by atoms with Crippen molar-refractivity contribution >= 4 is 21.9 Å². The zero-order chi connectivity index (χ0) is 12.1. The van der Waals surface area contributed by atoms with E-state index in [9.17, 15) is 8.78 Å². The van der Waals surface area contributed by atoms with Gasteiger partial charge in [0.2, 0.25) is 5.95 Å². The lowest BCUT2D eigenvalue weighted by Gasteiger charge is -2.32. The van der Waals surface area contributed by atoms with Crippen LogP contribution in [0.4, 0.5) is 14.7 Å². The van der Waals surface area contributed by atoms with Gasteiger partial charge in [0.05, 0.1) is 4.47 Å². The van der Waals surface area contributed by atoms with Gasteiger partial charge in [-0.25, -0.2) is 18.7 Å². The van der Waals surface area contributed by atoms with Gasteiger partial charge in [-0.3, -0.25) is 0 Å². The Bertz CT molecular complexity index is 427. The van der Waals surface area contributed by atoms with E-state index in [1.807, 2.05) is 4.90 Å². The monoisotopic (exact) mass is 303 g/mol. The molecule has 1 aliphatic heterocycles. The zero-order valence-corrected chi connectivity index (χ0v) is 10.8. The quantitative estimate of drug-likeness (QED) is 0.799. The van der Waals surface area contributed by atoms with E-state index in [-0.39, 0.29) is 6.42 Å². The molecule has 6 heteroatoms. The van der Waals surface area contributed by atoms with E-state index in [1.54, 1.807) is 12.4 Å². The van der Waals surface area contributed by atoms with Crippen LogP contribution in [0.3, 0.4) is 0 Å². The van der Waals surface area contributed by atoms with Gasteiger partial charge in [0.25, 0.3) is 5.92 Å². The third kappa shape index (κ3) is 1.82. The lowest BCUT2D eigenvalue weighted by molar-refractivity contribution is 0.0536. The smallest absolute Gasteiger partial charge is 0.254 e. The number of rotatable bonds is 1. The van der Waals surface area contributed by atoms with Crippen molar-refractivity contribution in [2.24, 2.45) is 5.41 Å². The van der Waals surface area contributed by atoms with Crippen molar-refractivity contribution in [1.29, 1.82) is 0 Å². The van der Waals surface area contributed by atoms with E-state index in [2.05, 4.69) is 25.9 Å². The Morgan fingerprint density at radius 2 is 1.71 bits per heavy atom. The third-order valence-corrected chi connectivity index (χ3v) is 4.23. The predicted molar refractivity (Wildman–Crippen MR) is 63.2 cm³/mol. The molecule has 0 unspecified atom stereocenters. The molecule has 1 saturated carbocycles. The summed E-state index contributed by atoms with van der Waals surface area (Å²) in [6.07, 6.45) is 4.50. The molecule has 2 aliphatic rings. The van der Waals surface area contributed by atoms with Gasteiger partial charge in [-0.1, -0.05) is 0 Å². The Labute approximate surface area is 106 Å². The highest BCUT2D eigenvalue weighted by molar-refractivity contribution is 9.10. The molecule has 3 nitrogen and oxygen atoms in total. The molecular formula is C11H12BrF2N3. The van der Waals surface area contributed by atoms with Crippen molar-refractivity contribution in [2.75, 3.05) is 18.0 Å². The molecule has 0 amide bonds. The van der Waals surface area contributed by atoms with Crippen molar-refractivity contribution < 1.29 is 8.78 Å². The van der Waals surface area contributed by atoms with Crippen LogP contribution in [0.25, 0.3) is 0 Å². The average Bonchev–Trinajstić information content (AvgIpc) is 2.82. The molecule has 2 heterocycles. The summed E-state index contributed by atoms with van der Waals surface area (Å²) < 4.78 is 27.2. The Morgan fingerprint density at radius 1 is 1.18 bits per heavy atom. The minimum atomic E-state index is -2.43. The second-order valence-electron chi connectivity index (χ2n) is 4.85. The summed E-state index contributed by atoms with van der Waals surface area (Å²) in [6, 6.07) is 0. The normalized spacial score (nSPS) is 25.0. The highest BCUT2D eigenvalue weighted by Crippen LogP contribution is 2.65. The molecule has 0 aromatic carbocycles. The molecule has 3 rings (SSSR count). The molecule has 1 spiro atoms. The number of nitrogens with zero attached hydrogens (tertiary/aromatic N) is 3. The molecule has 1 aromatic heterocycles. The van der Waals surface area contributed by atoms with Gasteiger partial charge in [-0.15, -0.1) is 0 Å². The number of hydrogen-bond acceptors (Lipinski definition) is 3. The summed E-state index contributed by atoms with van der Waals surface area (Å²) in [5.74, 6) is -1.80.